The molecule has 28 heavy (non-hydrogen) atoms. The van der Waals surface area contributed by atoms with Crippen LogP contribution in [-0.2, 0) is 16.4 Å². The van der Waals surface area contributed by atoms with Gasteiger partial charge in [0, 0.05) is 0 Å². The highest BCUT2D eigenvalue weighted by Crippen LogP contribution is 2.26. The molecule has 0 unspecified atom stereocenters. The Morgan fingerprint density at radius 3 is 2.36 bits per heavy atom. The van der Waals surface area contributed by atoms with E-state index in [0.29, 0.717) is 17.9 Å². The second kappa shape index (κ2) is 8.76. The zero-order valence-corrected chi connectivity index (χ0v) is 16.7. The molecule has 0 saturated carbocycles. The van der Waals surface area contributed by atoms with Crippen molar-refractivity contribution < 1.29 is 13.2 Å². The van der Waals surface area contributed by atoms with Crippen molar-refractivity contribution in [1.29, 1.82) is 0 Å². The summed E-state index contributed by atoms with van der Waals surface area (Å²) in [6.45, 7) is 1.92. The summed E-state index contributed by atoms with van der Waals surface area (Å²) in [5, 5.41) is 0. The lowest BCUT2D eigenvalue weighted by Gasteiger charge is -2.13. The fourth-order valence-corrected chi connectivity index (χ4v) is 3.87. The molecule has 144 valence electrons. The van der Waals surface area contributed by atoms with E-state index >= 15 is 0 Å². The Hall–Kier alpha value is -3.05. The van der Waals surface area contributed by atoms with Gasteiger partial charge in [0.15, 0.2) is 0 Å². The van der Waals surface area contributed by atoms with Crippen molar-refractivity contribution in [3.05, 3.63) is 95.6 Å². The predicted octanol–water partition coefficient (Wildman–Crippen LogP) is 5.06. The van der Waals surface area contributed by atoms with Gasteiger partial charge in [-0.2, -0.15) is 0 Å². The molecule has 0 aliphatic rings. The van der Waals surface area contributed by atoms with Gasteiger partial charge in [-0.1, -0.05) is 60.2 Å². The van der Waals surface area contributed by atoms with Gasteiger partial charge in [0.2, 0.25) is 0 Å². The van der Waals surface area contributed by atoms with Crippen molar-refractivity contribution in [2.24, 2.45) is 0 Å². The van der Waals surface area contributed by atoms with Gasteiger partial charge in [-0.05, 0) is 54.8 Å². The molecule has 0 saturated heterocycles. The third-order valence-corrected chi connectivity index (χ3v) is 5.72. The van der Waals surface area contributed by atoms with Crippen molar-refractivity contribution in [1.82, 2.24) is 0 Å². The van der Waals surface area contributed by atoms with Gasteiger partial charge in [0.1, 0.15) is 5.75 Å². The molecule has 3 rings (SSSR count). The van der Waals surface area contributed by atoms with Crippen LogP contribution in [0.15, 0.2) is 83.8 Å². The van der Waals surface area contributed by atoms with Crippen LogP contribution >= 0.6 is 0 Å². The van der Waals surface area contributed by atoms with Crippen LogP contribution in [0.1, 0.15) is 16.7 Å². The zero-order chi connectivity index (χ0) is 20.0. The molecule has 0 aliphatic carbocycles. The monoisotopic (exact) mass is 393 g/mol. The third kappa shape index (κ3) is 5.02. The summed E-state index contributed by atoms with van der Waals surface area (Å²) in [7, 11) is -2.07. The Kier molecular flexibility index (Phi) is 6.16. The minimum absolute atomic E-state index is 0.236. The number of sulfonamides is 1. The highest BCUT2D eigenvalue weighted by Gasteiger charge is 2.16. The smallest absolute Gasteiger partial charge is 0.261 e. The Morgan fingerprint density at radius 2 is 1.68 bits per heavy atom. The highest BCUT2D eigenvalue weighted by molar-refractivity contribution is 7.92. The van der Waals surface area contributed by atoms with Gasteiger partial charge in [-0.15, -0.1) is 0 Å². The lowest BCUT2D eigenvalue weighted by Crippen LogP contribution is -2.14. The summed E-state index contributed by atoms with van der Waals surface area (Å²) in [6.07, 6.45) is 4.59. The normalized spacial score (nSPS) is 11.5. The summed E-state index contributed by atoms with van der Waals surface area (Å²) in [5.41, 5.74) is 3.48. The second-order valence-corrected chi connectivity index (χ2v) is 8.14. The number of aryl methyl sites for hydroxylation is 1. The third-order valence-electron chi connectivity index (χ3n) is 4.34. The first kappa shape index (κ1) is 19.7. The van der Waals surface area contributed by atoms with Crippen molar-refractivity contribution in [2.45, 2.75) is 18.2 Å². The molecular weight excluding hydrogens is 370 g/mol. The number of ether oxygens (including phenoxy) is 1. The first-order chi connectivity index (χ1) is 13.5. The summed E-state index contributed by atoms with van der Waals surface area (Å²) in [5.74, 6) is 0.682. The van der Waals surface area contributed by atoms with Crippen molar-refractivity contribution in [2.75, 3.05) is 11.8 Å². The van der Waals surface area contributed by atoms with Crippen molar-refractivity contribution in [3.8, 4) is 5.75 Å². The largest absolute Gasteiger partial charge is 0.497 e. The van der Waals surface area contributed by atoms with E-state index in [1.54, 1.807) is 43.5 Å². The van der Waals surface area contributed by atoms with E-state index in [-0.39, 0.29) is 4.90 Å². The molecule has 0 radical (unpaired) electrons. The van der Waals surface area contributed by atoms with Gasteiger partial charge in [-0.3, -0.25) is 4.72 Å². The van der Waals surface area contributed by atoms with E-state index in [4.69, 9.17) is 4.74 Å². The summed E-state index contributed by atoms with van der Waals surface area (Å²) >= 11 is 0. The first-order valence-corrected chi connectivity index (χ1v) is 10.4. The topological polar surface area (TPSA) is 55.4 Å². The Morgan fingerprint density at radius 1 is 0.964 bits per heavy atom. The fourth-order valence-electron chi connectivity index (χ4n) is 2.77. The second-order valence-electron chi connectivity index (χ2n) is 6.46. The van der Waals surface area contributed by atoms with Crippen LogP contribution in [0.2, 0.25) is 0 Å². The lowest BCUT2D eigenvalue weighted by molar-refractivity contribution is 0.414. The maximum atomic E-state index is 12.8. The van der Waals surface area contributed by atoms with Crippen molar-refractivity contribution in [3.63, 3.8) is 0 Å². The molecule has 4 nitrogen and oxygen atoms in total. The molecule has 3 aromatic carbocycles. The Balaban J connectivity index is 1.86. The number of methoxy groups -OCH3 is 1. The maximum absolute atomic E-state index is 12.8. The van der Waals surface area contributed by atoms with E-state index in [1.807, 2.05) is 55.5 Å². The molecule has 0 aromatic heterocycles. The quantitative estimate of drug-likeness (QED) is 0.610. The summed E-state index contributed by atoms with van der Waals surface area (Å²) in [4.78, 5) is 0.236. The number of benzene rings is 3. The van der Waals surface area contributed by atoms with E-state index in [1.165, 1.54) is 0 Å². The number of nitrogens with one attached hydrogen (secondary N) is 1. The molecule has 0 atom stereocenters. The minimum atomic E-state index is -3.66. The van der Waals surface area contributed by atoms with Crippen LogP contribution in [-0.4, -0.2) is 15.5 Å². The highest BCUT2D eigenvalue weighted by atomic mass is 32.2. The lowest BCUT2D eigenvalue weighted by atomic mass is 10.1. The summed E-state index contributed by atoms with van der Waals surface area (Å²) < 4.78 is 33.5. The summed E-state index contributed by atoms with van der Waals surface area (Å²) in [6, 6.07) is 22.1. The van der Waals surface area contributed by atoms with E-state index < -0.39 is 10.0 Å². The SMILES string of the molecule is COc1ccc(NS(=O)(=O)c2ccc(C)cc2)c(C/C=C/c2ccccc2)c1. The molecule has 5 heteroatoms. The van der Waals surface area contributed by atoms with Crippen molar-refractivity contribution >= 4 is 21.8 Å². The number of hydrogen-bond acceptors (Lipinski definition) is 3. The molecule has 0 fully saturated rings. The molecule has 1 N–H and O–H groups in total. The maximum Gasteiger partial charge on any atom is 0.261 e. The fraction of sp³-hybridized carbons (Fsp3) is 0.130. The van der Waals surface area contributed by atoms with Crippen LogP contribution in [0, 0.1) is 6.92 Å². The average molecular weight is 394 g/mol. The molecule has 0 aliphatic heterocycles. The molecular formula is C23H23NO3S. The van der Waals surface area contributed by atoms with Crippen LogP contribution in [0.5, 0.6) is 5.75 Å². The van der Waals surface area contributed by atoms with Crippen LogP contribution in [0.4, 0.5) is 5.69 Å². The van der Waals surface area contributed by atoms with E-state index in [2.05, 4.69) is 4.72 Å². The van der Waals surface area contributed by atoms with Gasteiger partial charge in [0.25, 0.3) is 10.0 Å². The van der Waals surface area contributed by atoms with Gasteiger partial charge in [-0.25, -0.2) is 8.42 Å². The van der Waals surface area contributed by atoms with Gasteiger partial charge in [0.05, 0.1) is 17.7 Å². The van der Waals surface area contributed by atoms with Crippen LogP contribution in [0.25, 0.3) is 6.08 Å². The Labute approximate surface area is 166 Å². The molecule has 0 heterocycles. The number of allylic oxidation sites excluding steroid dienone is 1. The predicted molar refractivity (Wildman–Crippen MR) is 114 cm³/mol. The molecule has 0 bridgehead atoms. The molecule has 0 spiro atoms. The average Bonchev–Trinajstić information content (AvgIpc) is 2.70. The first-order valence-electron chi connectivity index (χ1n) is 8.96. The minimum Gasteiger partial charge on any atom is -0.497 e. The van der Waals surface area contributed by atoms with Gasteiger partial charge >= 0.3 is 0 Å². The standard InChI is InChI=1S/C23H23NO3S/c1-18-11-14-22(15-12-18)28(25,26)24-23-16-13-21(27-2)17-20(23)10-6-9-19-7-4-3-5-8-19/h3-9,11-17,24H,10H2,1-2H3/b9-6+. The number of rotatable bonds is 7. The molecule has 0 amide bonds. The van der Waals surface area contributed by atoms with E-state index in [9.17, 15) is 8.42 Å². The van der Waals surface area contributed by atoms with E-state index in [0.717, 1.165) is 16.7 Å². The van der Waals surface area contributed by atoms with Crippen LogP contribution < -0.4 is 9.46 Å². The zero-order valence-electron chi connectivity index (χ0n) is 15.9. The van der Waals surface area contributed by atoms with Crippen LogP contribution in [0.3, 0.4) is 0 Å². The number of anilines is 1. The molecule has 3 aromatic rings. The van der Waals surface area contributed by atoms with Gasteiger partial charge < -0.3 is 4.74 Å². The Bertz CT molecular complexity index is 1060. The number of hydrogen-bond donors (Lipinski definition) is 1.